The molecule has 0 amide bonds. The van der Waals surface area contributed by atoms with E-state index in [2.05, 4.69) is 50.9 Å². The second kappa shape index (κ2) is 7.26. The highest BCUT2D eigenvalue weighted by atomic mass is 32.1. The third kappa shape index (κ3) is 3.12. The zero-order valence-corrected chi connectivity index (χ0v) is 16.1. The second-order valence-electron chi connectivity index (χ2n) is 6.70. The van der Waals surface area contributed by atoms with E-state index in [-0.39, 0.29) is 0 Å². The van der Waals surface area contributed by atoms with Gasteiger partial charge in [-0.1, -0.05) is 12.1 Å². The number of rotatable bonds is 3. The molecule has 1 fully saturated rings. The van der Waals surface area contributed by atoms with Crippen molar-refractivity contribution in [3.05, 3.63) is 54.9 Å². The van der Waals surface area contributed by atoms with Gasteiger partial charge in [0, 0.05) is 35.8 Å². The minimum absolute atomic E-state index is 0.710. The van der Waals surface area contributed by atoms with Gasteiger partial charge < -0.3 is 9.64 Å². The van der Waals surface area contributed by atoms with Crippen LogP contribution >= 0.6 is 12.6 Å². The molecule has 0 saturated carbocycles. The van der Waals surface area contributed by atoms with Crippen molar-refractivity contribution in [2.45, 2.75) is 4.90 Å². The number of fused-ring (bicyclic) bond motifs is 1. The summed E-state index contributed by atoms with van der Waals surface area (Å²) in [6.45, 7) is 3.07. The van der Waals surface area contributed by atoms with Crippen molar-refractivity contribution >= 4 is 29.3 Å². The molecule has 0 spiro atoms. The van der Waals surface area contributed by atoms with Crippen LogP contribution < -0.4 is 4.90 Å². The summed E-state index contributed by atoms with van der Waals surface area (Å²) in [5, 5.41) is 8.15. The molecule has 1 aromatic carbocycles. The lowest BCUT2D eigenvalue weighted by Gasteiger charge is -2.28. The van der Waals surface area contributed by atoms with E-state index in [9.17, 15) is 0 Å². The van der Waals surface area contributed by atoms with Crippen molar-refractivity contribution in [1.82, 2.24) is 20.2 Å². The number of morpholine rings is 1. The predicted molar refractivity (Wildman–Crippen MR) is 113 cm³/mol. The number of pyridine rings is 2. The average Bonchev–Trinajstić information content (AvgIpc) is 3.28. The van der Waals surface area contributed by atoms with Gasteiger partial charge in [0.05, 0.1) is 18.9 Å². The molecular formula is C21H19N5OS. The van der Waals surface area contributed by atoms with Crippen molar-refractivity contribution in [1.29, 1.82) is 0 Å². The quantitative estimate of drug-likeness (QED) is 0.522. The smallest absolute Gasteiger partial charge is 0.130 e. The third-order valence-corrected chi connectivity index (χ3v) is 5.24. The molecule has 5 rings (SSSR count). The van der Waals surface area contributed by atoms with Crippen LogP contribution in [0.3, 0.4) is 0 Å². The lowest BCUT2D eigenvalue weighted by molar-refractivity contribution is 0.122. The van der Waals surface area contributed by atoms with E-state index in [1.807, 2.05) is 30.5 Å². The Morgan fingerprint density at radius 2 is 1.93 bits per heavy atom. The number of ether oxygens (including phenoxy) is 1. The molecule has 0 atom stereocenters. The van der Waals surface area contributed by atoms with E-state index in [1.54, 1.807) is 6.20 Å². The number of nitrogens with zero attached hydrogens (tertiary/aromatic N) is 4. The van der Waals surface area contributed by atoms with Crippen LogP contribution in [0, 0.1) is 0 Å². The van der Waals surface area contributed by atoms with Gasteiger partial charge in [0.1, 0.15) is 17.0 Å². The fourth-order valence-corrected chi connectivity index (χ4v) is 3.81. The molecule has 28 heavy (non-hydrogen) atoms. The first-order valence-electron chi connectivity index (χ1n) is 9.21. The maximum absolute atomic E-state index is 5.52. The minimum atomic E-state index is 0.710. The number of hydrogen-bond acceptors (Lipinski definition) is 6. The highest BCUT2D eigenvalue weighted by Crippen LogP contribution is 2.35. The Bertz CT molecular complexity index is 1120. The van der Waals surface area contributed by atoms with Crippen molar-refractivity contribution in [2.24, 2.45) is 0 Å². The van der Waals surface area contributed by atoms with Gasteiger partial charge in [0.2, 0.25) is 0 Å². The van der Waals surface area contributed by atoms with Gasteiger partial charge in [-0.05, 0) is 41.5 Å². The monoisotopic (exact) mass is 389 g/mol. The van der Waals surface area contributed by atoms with Gasteiger partial charge in [-0.25, -0.2) is 4.98 Å². The van der Waals surface area contributed by atoms with E-state index in [0.29, 0.717) is 13.2 Å². The van der Waals surface area contributed by atoms with E-state index in [0.717, 1.165) is 57.2 Å². The number of anilines is 1. The van der Waals surface area contributed by atoms with Gasteiger partial charge in [-0.3, -0.25) is 10.1 Å². The Morgan fingerprint density at radius 3 is 2.71 bits per heavy atom. The Balaban J connectivity index is 1.78. The summed E-state index contributed by atoms with van der Waals surface area (Å²) in [5.41, 5.74) is 4.73. The molecule has 0 unspecified atom stereocenters. The maximum atomic E-state index is 5.52. The summed E-state index contributed by atoms with van der Waals surface area (Å²) in [6, 6.07) is 14.3. The summed E-state index contributed by atoms with van der Waals surface area (Å²) in [4.78, 5) is 12.8. The van der Waals surface area contributed by atoms with Crippen molar-refractivity contribution in [3.8, 4) is 22.5 Å². The Morgan fingerprint density at radius 1 is 1.04 bits per heavy atom. The number of nitrogens with one attached hydrogen (secondary N) is 1. The standard InChI is InChI=1S/C21H19N5OS/c28-15-3-1-2-14(12-15)17-13-19(26-8-10-27-11-9-26)24-20-16(17)4-6-22-21(20)18-5-7-23-25-18/h1-7,12-13,28H,8-11H2,(H,23,25). The molecule has 140 valence electrons. The van der Waals surface area contributed by atoms with Crippen molar-refractivity contribution < 1.29 is 4.74 Å². The van der Waals surface area contributed by atoms with Gasteiger partial charge in [-0.2, -0.15) is 5.10 Å². The summed E-state index contributed by atoms with van der Waals surface area (Å²) in [6.07, 6.45) is 3.55. The molecule has 3 aromatic heterocycles. The molecule has 4 heterocycles. The van der Waals surface area contributed by atoms with Crippen LogP contribution in [0.25, 0.3) is 33.4 Å². The van der Waals surface area contributed by atoms with Crippen LogP contribution in [0.2, 0.25) is 0 Å². The molecular weight excluding hydrogens is 370 g/mol. The fourth-order valence-electron chi connectivity index (χ4n) is 3.59. The molecule has 0 radical (unpaired) electrons. The number of thiol groups is 1. The molecule has 1 aliphatic rings. The number of benzene rings is 1. The van der Waals surface area contributed by atoms with Crippen molar-refractivity contribution in [2.75, 3.05) is 31.2 Å². The van der Waals surface area contributed by atoms with Crippen molar-refractivity contribution in [3.63, 3.8) is 0 Å². The summed E-state index contributed by atoms with van der Waals surface area (Å²) in [5.74, 6) is 0.934. The largest absolute Gasteiger partial charge is 0.378 e. The molecule has 0 bridgehead atoms. The van der Waals surface area contributed by atoms with Gasteiger partial charge in [0.25, 0.3) is 0 Å². The molecule has 1 aliphatic heterocycles. The highest BCUT2D eigenvalue weighted by molar-refractivity contribution is 7.80. The second-order valence-corrected chi connectivity index (χ2v) is 7.22. The zero-order valence-electron chi connectivity index (χ0n) is 15.2. The number of aromatic nitrogens is 4. The van der Waals surface area contributed by atoms with Gasteiger partial charge >= 0.3 is 0 Å². The summed E-state index contributed by atoms with van der Waals surface area (Å²) in [7, 11) is 0. The topological polar surface area (TPSA) is 66.9 Å². The summed E-state index contributed by atoms with van der Waals surface area (Å²) < 4.78 is 5.52. The molecule has 1 N–H and O–H groups in total. The van der Waals surface area contributed by atoms with Gasteiger partial charge in [0.15, 0.2) is 0 Å². The van der Waals surface area contributed by atoms with E-state index in [4.69, 9.17) is 9.72 Å². The summed E-state index contributed by atoms with van der Waals surface area (Å²) >= 11 is 4.53. The van der Waals surface area contributed by atoms with Crippen LogP contribution in [0.5, 0.6) is 0 Å². The van der Waals surface area contributed by atoms with Crippen LogP contribution in [-0.2, 0) is 4.74 Å². The first-order chi connectivity index (χ1) is 13.8. The first kappa shape index (κ1) is 17.2. The van der Waals surface area contributed by atoms with Crippen LogP contribution in [-0.4, -0.2) is 46.5 Å². The zero-order chi connectivity index (χ0) is 18.9. The van der Waals surface area contributed by atoms with Crippen LogP contribution in [0.4, 0.5) is 5.82 Å². The number of hydrogen-bond donors (Lipinski definition) is 2. The number of H-pyrrole nitrogens is 1. The SMILES string of the molecule is Sc1cccc(-c2cc(N3CCOCC3)nc3c(-c4ccn[nH]4)nccc23)c1. The normalized spacial score (nSPS) is 14.5. The van der Waals surface area contributed by atoms with E-state index < -0.39 is 0 Å². The lowest BCUT2D eigenvalue weighted by Crippen LogP contribution is -2.36. The third-order valence-electron chi connectivity index (χ3n) is 4.96. The minimum Gasteiger partial charge on any atom is -0.378 e. The van der Waals surface area contributed by atoms with E-state index >= 15 is 0 Å². The number of aromatic amines is 1. The average molecular weight is 389 g/mol. The molecule has 6 nitrogen and oxygen atoms in total. The molecule has 7 heteroatoms. The maximum Gasteiger partial charge on any atom is 0.130 e. The Hall–Kier alpha value is -2.90. The highest BCUT2D eigenvalue weighted by Gasteiger charge is 2.18. The Kier molecular flexibility index (Phi) is 4.46. The molecule has 1 saturated heterocycles. The lowest BCUT2D eigenvalue weighted by atomic mass is 10.00. The Labute approximate surface area is 168 Å². The molecule has 4 aromatic rings. The first-order valence-corrected chi connectivity index (χ1v) is 9.66. The van der Waals surface area contributed by atoms with E-state index in [1.165, 1.54) is 0 Å². The molecule has 0 aliphatic carbocycles. The predicted octanol–water partition coefficient (Wildman–Crippen LogP) is 3.81. The van der Waals surface area contributed by atoms with Crippen LogP contribution in [0.15, 0.2) is 59.8 Å². The van der Waals surface area contributed by atoms with Gasteiger partial charge in [-0.15, -0.1) is 12.6 Å². The fraction of sp³-hybridized carbons (Fsp3) is 0.190. The van der Waals surface area contributed by atoms with Crippen LogP contribution in [0.1, 0.15) is 0 Å².